The van der Waals surface area contributed by atoms with Gasteiger partial charge in [-0.15, -0.1) is 0 Å². The highest BCUT2D eigenvalue weighted by Crippen LogP contribution is 2.23. The summed E-state index contributed by atoms with van der Waals surface area (Å²) in [7, 11) is 0. The van der Waals surface area contributed by atoms with Crippen LogP contribution in [-0.2, 0) is 6.54 Å². The fourth-order valence-electron chi connectivity index (χ4n) is 2.83. The Kier molecular flexibility index (Phi) is 4.53. The number of halogens is 1. The first-order valence-electron chi connectivity index (χ1n) is 6.87. The monoisotopic (exact) mass is 265 g/mol. The van der Waals surface area contributed by atoms with E-state index >= 15 is 0 Å². The maximum absolute atomic E-state index is 13.2. The van der Waals surface area contributed by atoms with Crippen molar-refractivity contribution in [1.82, 2.24) is 4.90 Å². The number of carboxylic acid groups (broad SMARTS) is 1. The molecule has 3 nitrogen and oxygen atoms in total. The number of likely N-dealkylation sites (tertiary alicyclic amines) is 1. The van der Waals surface area contributed by atoms with E-state index in [1.807, 2.05) is 0 Å². The lowest BCUT2D eigenvalue weighted by molar-refractivity contribution is 0.0691. The van der Waals surface area contributed by atoms with E-state index in [4.69, 9.17) is 5.11 Å². The summed E-state index contributed by atoms with van der Waals surface area (Å²) in [4.78, 5) is 13.5. The third-order valence-electron chi connectivity index (χ3n) is 3.90. The molecular weight excluding hydrogens is 245 g/mol. The average Bonchev–Trinajstić information content (AvgIpc) is 2.41. The highest BCUT2D eigenvalue weighted by Gasteiger charge is 2.22. The second kappa shape index (κ2) is 6.15. The van der Waals surface area contributed by atoms with Gasteiger partial charge in [0, 0.05) is 12.6 Å². The second-order valence-corrected chi connectivity index (χ2v) is 5.13. The fourth-order valence-corrected chi connectivity index (χ4v) is 2.83. The highest BCUT2D eigenvalue weighted by molar-refractivity contribution is 5.89. The smallest absolute Gasteiger partial charge is 0.336 e. The van der Waals surface area contributed by atoms with E-state index in [1.165, 1.54) is 18.9 Å². The van der Waals surface area contributed by atoms with Gasteiger partial charge in [-0.25, -0.2) is 9.18 Å². The lowest BCUT2D eigenvalue weighted by atomic mass is 9.98. The quantitative estimate of drug-likeness (QED) is 0.908. The Morgan fingerprint density at radius 2 is 2.26 bits per heavy atom. The van der Waals surface area contributed by atoms with Crippen molar-refractivity contribution < 1.29 is 14.3 Å². The molecule has 1 atom stereocenters. The van der Waals surface area contributed by atoms with Crippen molar-refractivity contribution in [3.8, 4) is 0 Å². The number of rotatable bonds is 4. The van der Waals surface area contributed by atoms with Crippen LogP contribution in [0.2, 0.25) is 0 Å². The second-order valence-electron chi connectivity index (χ2n) is 5.13. The van der Waals surface area contributed by atoms with E-state index in [0.29, 0.717) is 18.2 Å². The van der Waals surface area contributed by atoms with Crippen molar-refractivity contribution in [2.24, 2.45) is 0 Å². The summed E-state index contributed by atoms with van der Waals surface area (Å²) in [5, 5.41) is 9.16. The molecule has 1 saturated heterocycles. The van der Waals surface area contributed by atoms with Crippen LogP contribution in [0.25, 0.3) is 0 Å². The molecule has 0 bridgehead atoms. The molecule has 0 radical (unpaired) electrons. The Morgan fingerprint density at radius 1 is 1.47 bits per heavy atom. The van der Waals surface area contributed by atoms with Crippen LogP contribution < -0.4 is 0 Å². The maximum Gasteiger partial charge on any atom is 0.336 e. The van der Waals surface area contributed by atoms with Crippen LogP contribution >= 0.6 is 0 Å². The molecule has 1 aliphatic heterocycles. The Balaban J connectivity index is 2.20. The first kappa shape index (κ1) is 14.0. The van der Waals surface area contributed by atoms with E-state index < -0.39 is 11.8 Å². The number of hydrogen-bond donors (Lipinski definition) is 1. The fraction of sp³-hybridized carbons (Fsp3) is 0.533. The number of aromatic carboxylic acids is 1. The molecule has 0 spiro atoms. The van der Waals surface area contributed by atoms with Crippen LogP contribution in [0, 0.1) is 5.82 Å². The van der Waals surface area contributed by atoms with Gasteiger partial charge in [0.05, 0.1) is 5.56 Å². The summed E-state index contributed by atoms with van der Waals surface area (Å²) >= 11 is 0. The van der Waals surface area contributed by atoms with Crippen molar-refractivity contribution >= 4 is 5.97 Å². The maximum atomic E-state index is 13.2. The van der Waals surface area contributed by atoms with Crippen LogP contribution in [0.5, 0.6) is 0 Å². The van der Waals surface area contributed by atoms with Crippen LogP contribution in [0.4, 0.5) is 4.39 Å². The lowest BCUT2D eigenvalue weighted by Gasteiger charge is -2.35. The van der Waals surface area contributed by atoms with Crippen molar-refractivity contribution in [3.05, 3.63) is 35.1 Å². The van der Waals surface area contributed by atoms with Crippen LogP contribution in [0.15, 0.2) is 18.2 Å². The minimum atomic E-state index is -1.06. The molecule has 104 valence electrons. The van der Waals surface area contributed by atoms with Gasteiger partial charge in [-0.2, -0.15) is 0 Å². The van der Waals surface area contributed by atoms with Crippen LogP contribution in [-0.4, -0.2) is 28.6 Å². The molecule has 1 N–H and O–H groups in total. The summed E-state index contributed by atoms with van der Waals surface area (Å²) < 4.78 is 13.2. The Morgan fingerprint density at radius 3 is 2.95 bits per heavy atom. The predicted octanol–water partition coefficient (Wildman–Crippen LogP) is 3.29. The van der Waals surface area contributed by atoms with Gasteiger partial charge < -0.3 is 5.11 Å². The number of carboxylic acids is 1. The number of hydrogen-bond acceptors (Lipinski definition) is 2. The summed E-state index contributed by atoms with van der Waals surface area (Å²) in [5.74, 6) is -1.55. The van der Waals surface area contributed by atoms with Crippen molar-refractivity contribution in [2.45, 2.75) is 45.2 Å². The van der Waals surface area contributed by atoms with Crippen molar-refractivity contribution in [3.63, 3.8) is 0 Å². The molecule has 1 aromatic rings. The van der Waals surface area contributed by atoms with Gasteiger partial charge in [-0.05, 0) is 43.5 Å². The molecule has 0 amide bonds. The Bertz CT molecular complexity index is 461. The zero-order valence-electron chi connectivity index (χ0n) is 11.2. The third-order valence-corrected chi connectivity index (χ3v) is 3.90. The SMILES string of the molecule is CCC1CCCCN1Cc1ccc(F)cc1C(=O)O. The Hall–Kier alpha value is -1.42. The molecule has 2 rings (SSSR count). The first-order valence-corrected chi connectivity index (χ1v) is 6.87. The van der Waals surface area contributed by atoms with Crippen LogP contribution in [0.1, 0.15) is 48.5 Å². The minimum Gasteiger partial charge on any atom is -0.478 e. The van der Waals surface area contributed by atoms with Crippen LogP contribution in [0.3, 0.4) is 0 Å². The largest absolute Gasteiger partial charge is 0.478 e. The molecule has 0 saturated carbocycles. The van der Waals surface area contributed by atoms with Gasteiger partial charge in [-0.3, -0.25) is 4.90 Å². The molecule has 1 unspecified atom stereocenters. The summed E-state index contributed by atoms with van der Waals surface area (Å²) in [6.45, 7) is 3.75. The number of benzene rings is 1. The zero-order valence-corrected chi connectivity index (χ0v) is 11.2. The highest BCUT2D eigenvalue weighted by atomic mass is 19.1. The molecule has 4 heteroatoms. The predicted molar refractivity (Wildman–Crippen MR) is 71.7 cm³/mol. The van der Waals surface area contributed by atoms with E-state index in [0.717, 1.165) is 25.5 Å². The third kappa shape index (κ3) is 3.32. The summed E-state index contributed by atoms with van der Waals surface area (Å²) in [6, 6.07) is 4.57. The zero-order chi connectivity index (χ0) is 13.8. The summed E-state index contributed by atoms with van der Waals surface area (Å²) in [6.07, 6.45) is 4.63. The molecule has 1 heterocycles. The molecule has 0 aromatic heterocycles. The van der Waals surface area contributed by atoms with Gasteiger partial charge in [0.25, 0.3) is 0 Å². The molecule has 19 heavy (non-hydrogen) atoms. The van der Waals surface area contributed by atoms with E-state index in [-0.39, 0.29) is 5.56 Å². The van der Waals surface area contributed by atoms with E-state index in [9.17, 15) is 9.18 Å². The van der Waals surface area contributed by atoms with Gasteiger partial charge >= 0.3 is 5.97 Å². The average molecular weight is 265 g/mol. The van der Waals surface area contributed by atoms with Gasteiger partial charge in [0.1, 0.15) is 5.82 Å². The van der Waals surface area contributed by atoms with E-state index in [2.05, 4.69) is 11.8 Å². The normalized spacial score (nSPS) is 20.4. The van der Waals surface area contributed by atoms with E-state index in [1.54, 1.807) is 6.07 Å². The number of nitrogens with zero attached hydrogens (tertiary/aromatic N) is 1. The number of carbonyl (C=O) groups is 1. The topological polar surface area (TPSA) is 40.5 Å². The molecule has 1 aromatic carbocycles. The lowest BCUT2D eigenvalue weighted by Crippen LogP contribution is -2.38. The van der Waals surface area contributed by atoms with Gasteiger partial charge in [-0.1, -0.05) is 19.4 Å². The molecular formula is C15H20FNO2. The Labute approximate surface area is 113 Å². The van der Waals surface area contributed by atoms with Crippen molar-refractivity contribution in [1.29, 1.82) is 0 Å². The van der Waals surface area contributed by atoms with Crippen molar-refractivity contribution in [2.75, 3.05) is 6.54 Å². The molecule has 1 aliphatic rings. The van der Waals surface area contributed by atoms with Gasteiger partial charge in [0.2, 0.25) is 0 Å². The standard InChI is InChI=1S/C15H20FNO2/c1-2-13-5-3-4-8-17(13)10-11-6-7-12(16)9-14(11)15(18)19/h6-7,9,13H,2-5,8,10H2,1H3,(H,18,19). The minimum absolute atomic E-state index is 0.0837. The first-order chi connectivity index (χ1) is 9.11. The molecule has 0 aliphatic carbocycles. The number of piperidine rings is 1. The van der Waals surface area contributed by atoms with Gasteiger partial charge in [0.15, 0.2) is 0 Å². The molecule has 1 fully saturated rings. The summed E-state index contributed by atoms with van der Waals surface area (Å²) in [5.41, 5.74) is 0.787.